The molecule has 0 amide bonds. The Bertz CT molecular complexity index is 379. The second-order valence-electron chi connectivity index (χ2n) is 4.69. The highest BCUT2D eigenvalue weighted by Gasteiger charge is 2.30. The first-order valence-electron chi connectivity index (χ1n) is 5.85. The molecule has 1 aliphatic rings. The molecule has 0 unspecified atom stereocenters. The second kappa shape index (κ2) is 5.19. The summed E-state index contributed by atoms with van der Waals surface area (Å²) in [6.45, 7) is 6.89. The second-order valence-corrected chi connectivity index (χ2v) is 5.08. The van der Waals surface area contributed by atoms with Crippen molar-refractivity contribution in [3.63, 3.8) is 0 Å². The first kappa shape index (κ1) is 12.6. The molecule has 4 nitrogen and oxygen atoms in total. The zero-order chi connectivity index (χ0) is 12.4. The topological polar surface area (TPSA) is 38.2 Å². The number of halogens is 1. The van der Waals surface area contributed by atoms with Crippen LogP contribution in [0.2, 0.25) is 5.15 Å². The van der Waals surface area contributed by atoms with Gasteiger partial charge in [-0.2, -0.15) is 0 Å². The predicted molar refractivity (Wildman–Crippen MR) is 68.5 cm³/mol. The Morgan fingerprint density at radius 2 is 2.24 bits per heavy atom. The molecule has 0 bridgehead atoms. The van der Waals surface area contributed by atoms with E-state index in [1.807, 2.05) is 13.0 Å². The van der Waals surface area contributed by atoms with Gasteiger partial charge in [-0.3, -0.25) is 0 Å². The normalized spacial score (nSPS) is 24.4. The maximum absolute atomic E-state index is 5.96. The zero-order valence-corrected chi connectivity index (χ0v) is 11.2. The molecule has 1 aromatic heterocycles. The fourth-order valence-corrected chi connectivity index (χ4v) is 2.55. The third-order valence-electron chi connectivity index (χ3n) is 3.27. The van der Waals surface area contributed by atoms with Crippen LogP contribution in [0.25, 0.3) is 0 Å². The van der Waals surface area contributed by atoms with Gasteiger partial charge in [0.2, 0.25) is 0 Å². The lowest BCUT2D eigenvalue weighted by Gasteiger charge is -2.17. The number of anilines is 1. The standard InChI is InChI=1S/C12H18ClN3O/c1-8-5-16(6-10(8)7-17-3)12-4-11(13)14-9(2)15-12/h4,8,10H,5-7H2,1-3H3/t8-,10-/m1/s1. The van der Waals surface area contributed by atoms with Gasteiger partial charge < -0.3 is 9.64 Å². The number of ether oxygens (including phenoxy) is 1. The van der Waals surface area contributed by atoms with E-state index in [1.165, 1.54) is 0 Å². The third-order valence-corrected chi connectivity index (χ3v) is 3.46. The first-order chi connectivity index (χ1) is 8.10. The van der Waals surface area contributed by atoms with E-state index < -0.39 is 0 Å². The Morgan fingerprint density at radius 3 is 2.88 bits per heavy atom. The predicted octanol–water partition coefficient (Wildman–Crippen LogP) is 2.16. The van der Waals surface area contributed by atoms with Crippen LogP contribution >= 0.6 is 11.6 Å². The van der Waals surface area contributed by atoms with Crippen molar-refractivity contribution in [3.8, 4) is 0 Å². The van der Waals surface area contributed by atoms with Gasteiger partial charge in [0, 0.05) is 32.2 Å². The van der Waals surface area contributed by atoms with Crippen LogP contribution < -0.4 is 4.90 Å². The summed E-state index contributed by atoms with van der Waals surface area (Å²) in [5.74, 6) is 2.82. The van der Waals surface area contributed by atoms with Crippen molar-refractivity contribution in [2.75, 3.05) is 31.7 Å². The molecule has 5 heteroatoms. The van der Waals surface area contributed by atoms with E-state index in [9.17, 15) is 0 Å². The average Bonchev–Trinajstić information content (AvgIpc) is 2.60. The number of methoxy groups -OCH3 is 1. The molecule has 1 fully saturated rings. The number of hydrogen-bond acceptors (Lipinski definition) is 4. The maximum Gasteiger partial charge on any atom is 0.134 e. The average molecular weight is 256 g/mol. The van der Waals surface area contributed by atoms with Gasteiger partial charge in [0.25, 0.3) is 0 Å². The summed E-state index contributed by atoms with van der Waals surface area (Å²) in [7, 11) is 1.75. The van der Waals surface area contributed by atoms with E-state index in [0.717, 1.165) is 31.3 Å². The van der Waals surface area contributed by atoms with E-state index in [2.05, 4.69) is 21.8 Å². The minimum atomic E-state index is 0.510. The molecular weight excluding hydrogens is 238 g/mol. The molecule has 0 saturated carbocycles. The number of hydrogen-bond donors (Lipinski definition) is 0. The van der Waals surface area contributed by atoms with Crippen LogP contribution in [-0.4, -0.2) is 36.8 Å². The molecule has 2 rings (SSSR count). The van der Waals surface area contributed by atoms with Crippen LogP contribution in [0.1, 0.15) is 12.7 Å². The SMILES string of the molecule is COC[C@H]1CN(c2cc(Cl)nc(C)n2)C[C@H]1C. The molecule has 0 N–H and O–H groups in total. The summed E-state index contributed by atoms with van der Waals surface area (Å²) in [6.07, 6.45) is 0. The lowest BCUT2D eigenvalue weighted by Crippen LogP contribution is -2.22. The van der Waals surface area contributed by atoms with Gasteiger partial charge in [-0.05, 0) is 12.8 Å². The summed E-state index contributed by atoms with van der Waals surface area (Å²) >= 11 is 5.96. The minimum Gasteiger partial charge on any atom is -0.384 e. The van der Waals surface area contributed by atoms with Crippen LogP contribution in [0, 0.1) is 18.8 Å². The van der Waals surface area contributed by atoms with Crippen LogP contribution in [-0.2, 0) is 4.74 Å². The Hall–Kier alpha value is -0.870. The van der Waals surface area contributed by atoms with Gasteiger partial charge in [0.05, 0.1) is 6.61 Å². The summed E-state index contributed by atoms with van der Waals surface area (Å²) in [5.41, 5.74) is 0. The molecule has 17 heavy (non-hydrogen) atoms. The smallest absolute Gasteiger partial charge is 0.134 e. The highest BCUT2D eigenvalue weighted by Crippen LogP contribution is 2.28. The molecule has 0 spiro atoms. The molecule has 2 atom stereocenters. The largest absolute Gasteiger partial charge is 0.384 e. The molecule has 1 aliphatic heterocycles. The van der Waals surface area contributed by atoms with E-state index in [0.29, 0.717) is 17.0 Å². The molecule has 1 saturated heterocycles. The maximum atomic E-state index is 5.96. The molecule has 94 valence electrons. The van der Waals surface area contributed by atoms with Crippen molar-refractivity contribution in [1.82, 2.24) is 9.97 Å². The van der Waals surface area contributed by atoms with Crippen LogP contribution in [0.15, 0.2) is 6.07 Å². The molecule has 1 aromatic rings. The lowest BCUT2D eigenvalue weighted by molar-refractivity contribution is 0.144. The number of aryl methyl sites for hydroxylation is 1. The highest BCUT2D eigenvalue weighted by atomic mass is 35.5. The third kappa shape index (κ3) is 2.87. The monoisotopic (exact) mass is 255 g/mol. The zero-order valence-electron chi connectivity index (χ0n) is 10.5. The fourth-order valence-electron chi connectivity index (χ4n) is 2.33. The van der Waals surface area contributed by atoms with Gasteiger partial charge in [-0.15, -0.1) is 0 Å². The van der Waals surface area contributed by atoms with Crippen LogP contribution in [0.4, 0.5) is 5.82 Å². The van der Waals surface area contributed by atoms with Crippen LogP contribution in [0.5, 0.6) is 0 Å². The molecule has 0 aromatic carbocycles. The van der Waals surface area contributed by atoms with Gasteiger partial charge >= 0.3 is 0 Å². The molecule has 2 heterocycles. The van der Waals surface area contributed by atoms with E-state index in [-0.39, 0.29) is 0 Å². The minimum absolute atomic E-state index is 0.510. The number of rotatable bonds is 3. The van der Waals surface area contributed by atoms with Gasteiger partial charge in [-0.1, -0.05) is 18.5 Å². The summed E-state index contributed by atoms with van der Waals surface area (Å²) in [6, 6.07) is 1.83. The summed E-state index contributed by atoms with van der Waals surface area (Å²) in [4.78, 5) is 10.8. The summed E-state index contributed by atoms with van der Waals surface area (Å²) in [5, 5.41) is 0.510. The van der Waals surface area contributed by atoms with Crippen molar-refractivity contribution in [2.24, 2.45) is 11.8 Å². The Morgan fingerprint density at radius 1 is 1.47 bits per heavy atom. The summed E-state index contributed by atoms with van der Waals surface area (Å²) < 4.78 is 5.24. The Balaban J connectivity index is 2.13. The van der Waals surface area contributed by atoms with Crippen molar-refractivity contribution >= 4 is 17.4 Å². The highest BCUT2D eigenvalue weighted by molar-refractivity contribution is 6.29. The lowest BCUT2D eigenvalue weighted by atomic mass is 10.00. The van der Waals surface area contributed by atoms with E-state index >= 15 is 0 Å². The van der Waals surface area contributed by atoms with Crippen molar-refractivity contribution in [1.29, 1.82) is 0 Å². The van der Waals surface area contributed by atoms with Gasteiger partial charge in [0.15, 0.2) is 0 Å². The van der Waals surface area contributed by atoms with Crippen LogP contribution in [0.3, 0.4) is 0 Å². The number of aromatic nitrogens is 2. The van der Waals surface area contributed by atoms with Crippen molar-refractivity contribution in [3.05, 3.63) is 17.0 Å². The Labute approximate surface area is 107 Å². The van der Waals surface area contributed by atoms with Gasteiger partial charge in [-0.25, -0.2) is 9.97 Å². The van der Waals surface area contributed by atoms with E-state index in [4.69, 9.17) is 16.3 Å². The fraction of sp³-hybridized carbons (Fsp3) is 0.667. The number of nitrogens with zero attached hydrogens (tertiary/aromatic N) is 3. The first-order valence-corrected chi connectivity index (χ1v) is 6.23. The van der Waals surface area contributed by atoms with Gasteiger partial charge in [0.1, 0.15) is 16.8 Å². The van der Waals surface area contributed by atoms with Crippen molar-refractivity contribution in [2.45, 2.75) is 13.8 Å². The Kier molecular flexibility index (Phi) is 3.84. The molecular formula is C12H18ClN3O. The molecule has 0 radical (unpaired) electrons. The van der Waals surface area contributed by atoms with E-state index in [1.54, 1.807) is 7.11 Å². The molecule has 0 aliphatic carbocycles. The van der Waals surface area contributed by atoms with Crippen molar-refractivity contribution < 1.29 is 4.74 Å². The quantitative estimate of drug-likeness (QED) is 0.776.